The molecule has 7 heteroatoms. The highest BCUT2D eigenvalue weighted by molar-refractivity contribution is 5.97. The maximum absolute atomic E-state index is 12.1. The fourth-order valence-electron chi connectivity index (χ4n) is 1.23. The van der Waals surface area contributed by atoms with Crippen LogP contribution in [-0.2, 0) is 0 Å². The second-order valence-electron chi connectivity index (χ2n) is 3.35. The number of nitrogens with one attached hydrogen (secondary N) is 1. The van der Waals surface area contributed by atoms with E-state index in [1.165, 1.54) is 32.4 Å². The van der Waals surface area contributed by atoms with Gasteiger partial charge in [0, 0.05) is 7.05 Å². The van der Waals surface area contributed by atoms with E-state index in [0.29, 0.717) is 5.75 Å². The molecular weight excluding hydrogens is 251 g/mol. The highest BCUT2D eigenvalue weighted by Gasteiger charge is 2.29. The normalized spacial score (nSPS) is 10.9. The van der Waals surface area contributed by atoms with Crippen molar-refractivity contribution in [2.75, 3.05) is 20.8 Å². The van der Waals surface area contributed by atoms with Crippen LogP contribution in [0.1, 0.15) is 10.4 Å². The van der Waals surface area contributed by atoms with Gasteiger partial charge in [-0.2, -0.15) is 13.2 Å². The molecule has 0 bridgehead atoms. The Morgan fingerprint density at radius 1 is 1.39 bits per heavy atom. The van der Waals surface area contributed by atoms with Crippen molar-refractivity contribution in [3.63, 3.8) is 0 Å². The summed E-state index contributed by atoms with van der Waals surface area (Å²) >= 11 is 0. The van der Waals surface area contributed by atoms with Crippen LogP contribution in [0, 0.1) is 0 Å². The topological polar surface area (TPSA) is 47.6 Å². The molecule has 0 aliphatic carbocycles. The number of hydrogen-bond acceptors (Lipinski definition) is 3. The van der Waals surface area contributed by atoms with Gasteiger partial charge < -0.3 is 14.8 Å². The maximum Gasteiger partial charge on any atom is 0.422 e. The molecule has 0 aromatic heterocycles. The lowest BCUT2D eigenvalue weighted by Crippen LogP contribution is -2.23. The van der Waals surface area contributed by atoms with Crippen molar-refractivity contribution in [1.29, 1.82) is 0 Å². The molecule has 1 rings (SSSR count). The molecule has 18 heavy (non-hydrogen) atoms. The molecule has 0 radical (unpaired) electrons. The zero-order valence-corrected chi connectivity index (χ0v) is 9.80. The van der Waals surface area contributed by atoms with Crippen LogP contribution in [0.25, 0.3) is 0 Å². The summed E-state index contributed by atoms with van der Waals surface area (Å²) in [5.74, 6) is -0.341. The van der Waals surface area contributed by atoms with Crippen molar-refractivity contribution in [2.24, 2.45) is 0 Å². The summed E-state index contributed by atoms with van der Waals surface area (Å²) in [6.07, 6.45) is -4.46. The lowest BCUT2D eigenvalue weighted by Gasteiger charge is -2.13. The SMILES string of the molecule is CNC(=O)c1cc(OC)ccc1OCC(F)(F)F. The Morgan fingerprint density at radius 2 is 2.06 bits per heavy atom. The van der Waals surface area contributed by atoms with E-state index in [4.69, 9.17) is 4.74 Å². The third kappa shape index (κ3) is 3.83. The van der Waals surface area contributed by atoms with E-state index in [9.17, 15) is 18.0 Å². The summed E-state index contributed by atoms with van der Waals surface area (Å²) in [7, 11) is 2.76. The first kappa shape index (κ1) is 14.1. The second-order valence-corrected chi connectivity index (χ2v) is 3.35. The quantitative estimate of drug-likeness (QED) is 0.903. The van der Waals surface area contributed by atoms with Gasteiger partial charge in [-0.25, -0.2) is 0 Å². The minimum atomic E-state index is -4.46. The number of carbonyl (C=O) groups is 1. The number of methoxy groups -OCH3 is 1. The van der Waals surface area contributed by atoms with Crippen molar-refractivity contribution >= 4 is 5.91 Å². The maximum atomic E-state index is 12.1. The number of ether oxygens (including phenoxy) is 2. The fraction of sp³-hybridized carbons (Fsp3) is 0.364. The zero-order valence-electron chi connectivity index (χ0n) is 9.80. The molecule has 0 heterocycles. The van der Waals surface area contributed by atoms with Crippen LogP contribution in [0.4, 0.5) is 13.2 Å². The molecule has 4 nitrogen and oxygen atoms in total. The Kier molecular flexibility index (Phi) is 4.41. The third-order valence-corrected chi connectivity index (χ3v) is 2.05. The molecule has 0 atom stereocenters. The summed E-state index contributed by atoms with van der Waals surface area (Å²) in [4.78, 5) is 11.5. The average Bonchev–Trinajstić information content (AvgIpc) is 2.34. The molecule has 1 amide bonds. The average molecular weight is 263 g/mol. The Bertz CT molecular complexity index is 432. The van der Waals surface area contributed by atoms with Gasteiger partial charge in [0.25, 0.3) is 5.91 Å². The van der Waals surface area contributed by atoms with E-state index in [1.54, 1.807) is 0 Å². The lowest BCUT2D eigenvalue weighted by molar-refractivity contribution is -0.153. The van der Waals surface area contributed by atoms with E-state index >= 15 is 0 Å². The number of rotatable bonds is 4. The molecule has 1 aromatic carbocycles. The standard InChI is InChI=1S/C11H12F3NO3/c1-15-10(16)8-5-7(17-2)3-4-9(8)18-6-11(12,13)14/h3-5H,6H2,1-2H3,(H,15,16). The van der Waals surface area contributed by atoms with Gasteiger partial charge in [-0.05, 0) is 18.2 Å². The first-order chi connectivity index (χ1) is 8.37. The minimum absolute atomic E-state index is 0.0129. The molecule has 0 unspecified atom stereocenters. The summed E-state index contributed by atoms with van der Waals surface area (Å²) in [6, 6.07) is 3.98. The van der Waals surface area contributed by atoms with Gasteiger partial charge in [0.05, 0.1) is 12.7 Å². The molecule has 0 spiro atoms. The molecule has 100 valence electrons. The Morgan fingerprint density at radius 3 is 2.56 bits per heavy atom. The van der Waals surface area contributed by atoms with Crippen LogP contribution in [-0.4, -0.2) is 32.8 Å². The highest BCUT2D eigenvalue weighted by atomic mass is 19.4. The van der Waals surface area contributed by atoms with Crippen LogP contribution in [0.3, 0.4) is 0 Å². The number of benzene rings is 1. The lowest BCUT2D eigenvalue weighted by atomic mass is 10.1. The van der Waals surface area contributed by atoms with Crippen molar-refractivity contribution in [2.45, 2.75) is 6.18 Å². The fourth-order valence-corrected chi connectivity index (χ4v) is 1.23. The van der Waals surface area contributed by atoms with E-state index in [0.717, 1.165) is 0 Å². The molecular formula is C11H12F3NO3. The number of alkyl halides is 3. The summed E-state index contributed by atoms with van der Waals surface area (Å²) in [6.45, 7) is -1.46. The van der Waals surface area contributed by atoms with Crippen LogP contribution in [0.2, 0.25) is 0 Å². The van der Waals surface area contributed by atoms with Gasteiger partial charge in [0.1, 0.15) is 11.5 Å². The van der Waals surface area contributed by atoms with Gasteiger partial charge >= 0.3 is 6.18 Å². The van der Waals surface area contributed by atoms with Gasteiger partial charge in [0.15, 0.2) is 6.61 Å². The first-order valence-corrected chi connectivity index (χ1v) is 4.97. The summed E-state index contributed by atoms with van der Waals surface area (Å²) in [5, 5.41) is 2.31. The zero-order chi connectivity index (χ0) is 13.8. The van der Waals surface area contributed by atoms with E-state index < -0.39 is 18.7 Å². The monoisotopic (exact) mass is 263 g/mol. The number of amides is 1. The van der Waals surface area contributed by atoms with Gasteiger partial charge in [0.2, 0.25) is 0 Å². The molecule has 1 aromatic rings. The second kappa shape index (κ2) is 5.61. The number of carbonyl (C=O) groups excluding carboxylic acids is 1. The van der Waals surface area contributed by atoms with Crippen molar-refractivity contribution < 1.29 is 27.4 Å². The molecule has 0 aliphatic heterocycles. The molecule has 0 fully saturated rings. The predicted octanol–water partition coefficient (Wildman–Crippen LogP) is 2.00. The van der Waals surface area contributed by atoms with Crippen LogP contribution < -0.4 is 14.8 Å². The van der Waals surface area contributed by atoms with E-state index in [2.05, 4.69) is 10.1 Å². The molecule has 0 aliphatic rings. The van der Waals surface area contributed by atoms with Gasteiger partial charge in [-0.15, -0.1) is 0 Å². The van der Waals surface area contributed by atoms with E-state index in [1.807, 2.05) is 0 Å². The predicted molar refractivity (Wildman–Crippen MR) is 57.9 cm³/mol. The van der Waals surface area contributed by atoms with Crippen LogP contribution >= 0.6 is 0 Å². The molecule has 1 N–H and O–H groups in total. The Balaban J connectivity index is 2.99. The molecule has 0 saturated heterocycles. The van der Waals surface area contributed by atoms with Crippen LogP contribution in [0.15, 0.2) is 18.2 Å². The number of halogens is 3. The minimum Gasteiger partial charge on any atom is -0.497 e. The first-order valence-electron chi connectivity index (χ1n) is 4.97. The Hall–Kier alpha value is -1.92. The Labute approximate surface area is 102 Å². The third-order valence-electron chi connectivity index (χ3n) is 2.05. The van der Waals surface area contributed by atoms with E-state index in [-0.39, 0.29) is 11.3 Å². The van der Waals surface area contributed by atoms with Gasteiger partial charge in [-0.1, -0.05) is 0 Å². The van der Waals surface area contributed by atoms with Crippen LogP contribution in [0.5, 0.6) is 11.5 Å². The number of hydrogen-bond donors (Lipinski definition) is 1. The van der Waals surface area contributed by atoms with Crippen molar-refractivity contribution in [3.05, 3.63) is 23.8 Å². The largest absolute Gasteiger partial charge is 0.497 e. The van der Waals surface area contributed by atoms with Gasteiger partial charge in [-0.3, -0.25) is 4.79 Å². The molecule has 0 saturated carbocycles. The smallest absolute Gasteiger partial charge is 0.422 e. The summed E-state index contributed by atoms with van der Waals surface area (Å²) < 4.78 is 45.6. The summed E-state index contributed by atoms with van der Waals surface area (Å²) in [5.41, 5.74) is -0.0129. The van der Waals surface area contributed by atoms with Crippen molar-refractivity contribution in [1.82, 2.24) is 5.32 Å². The van der Waals surface area contributed by atoms with Crippen molar-refractivity contribution in [3.8, 4) is 11.5 Å². The highest BCUT2D eigenvalue weighted by Crippen LogP contribution is 2.26.